The second kappa shape index (κ2) is 13.1. The van der Waals surface area contributed by atoms with Crippen molar-refractivity contribution in [2.75, 3.05) is 0 Å². The third-order valence-electron chi connectivity index (χ3n) is 13.6. The highest BCUT2D eigenvalue weighted by Crippen LogP contribution is 2.45. The molecule has 3 nitrogen and oxygen atoms in total. The van der Waals surface area contributed by atoms with E-state index in [2.05, 4.69) is 238 Å². The van der Waals surface area contributed by atoms with Gasteiger partial charge in [-0.3, -0.25) is 0 Å². The monoisotopic (exact) mass is 799 g/mol. The van der Waals surface area contributed by atoms with Crippen LogP contribution in [0, 0.1) is 0 Å². The molecule has 11 aromatic carbocycles. The number of rotatable bonds is 4. The Morgan fingerprint density at radius 3 is 1.33 bits per heavy atom. The molecule has 0 spiro atoms. The maximum atomic E-state index is 2.50. The lowest BCUT2D eigenvalue weighted by molar-refractivity contribution is 1.17. The summed E-state index contributed by atoms with van der Waals surface area (Å²) in [4.78, 5) is 0. The van der Waals surface area contributed by atoms with Gasteiger partial charge in [-0.05, 0) is 111 Å². The molecule has 0 unspecified atom stereocenters. The number of nitrogens with zero attached hydrogens (tertiary/aromatic N) is 3. The molecule has 0 amide bonds. The van der Waals surface area contributed by atoms with E-state index in [0.29, 0.717) is 0 Å². The Kier molecular flexibility index (Phi) is 7.11. The molecule has 14 rings (SSSR count). The van der Waals surface area contributed by atoms with Crippen LogP contribution in [-0.4, -0.2) is 13.7 Å². The molecule has 3 heterocycles. The Bertz CT molecular complexity index is 4160. The van der Waals surface area contributed by atoms with Crippen molar-refractivity contribution in [3.05, 3.63) is 224 Å². The van der Waals surface area contributed by atoms with Crippen LogP contribution in [-0.2, 0) is 0 Å². The molecule has 3 heteroatoms. The second-order valence-corrected chi connectivity index (χ2v) is 16.8. The fourth-order valence-electron chi connectivity index (χ4n) is 11.0. The first kappa shape index (κ1) is 34.3. The van der Waals surface area contributed by atoms with Gasteiger partial charge in [-0.1, -0.05) is 152 Å². The zero-order chi connectivity index (χ0) is 41.2. The molecule has 14 aromatic rings. The van der Waals surface area contributed by atoms with E-state index in [4.69, 9.17) is 0 Å². The van der Waals surface area contributed by atoms with Gasteiger partial charge in [0.05, 0.1) is 38.8 Å². The Morgan fingerprint density at radius 1 is 0.222 bits per heavy atom. The van der Waals surface area contributed by atoms with Crippen molar-refractivity contribution in [2.45, 2.75) is 0 Å². The smallest absolute Gasteiger partial charge is 0.0549 e. The predicted octanol–water partition coefficient (Wildman–Crippen LogP) is 16.1. The lowest BCUT2D eigenvalue weighted by Crippen LogP contribution is -1.97. The minimum Gasteiger partial charge on any atom is -0.309 e. The van der Waals surface area contributed by atoms with Gasteiger partial charge in [-0.25, -0.2) is 0 Å². The van der Waals surface area contributed by atoms with E-state index in [1.54, 1.807) is 0 Å². The molecular formula is C60H37N3. The molecule has 3 aromatic heterocycles. The average molecular weight is 800 g/mol. The molecule has 292 valence electrons. The summed E-state index contributed by atoms with van der Waals surface area (Å²) in [6.07, 6.45) is 0. The van der Waals surface area contributed by atoms with Crippen LogP contribution >= 0.6 is 0 Å². The van der Waals surface area contributed by atoms with E-state index in [1.807, 2.05) is 0 Å². The van der Waals surface area contributed by atoms with Crippen molar-refractivity contribution in [3.63, 3.8) is 0 Å². The molecule has 0 fully saturated rings. The third-order valence-corrected chi connectivity index (χ3v) is 13.6. The molecule has 0 aliphatic rings. The maximum Gasteiger partial charge on any atom is 0.0549 e. The van der Waals surface area contributed by atoms with Gasteiger partial charge < -0.3 is 13.7 Å². The summed E-state index contributed by atoms with van der Waals surface area (Å²) < 4.78 is 7.36. The Hall–Kier alpha value is -8.40. The van der Waals surface area contributed by atoms with Crippen LogP contribution in [0.1, 0.15) is 0 Å². The highest BCUT2D eigenvalue weighted by Gasteiger charge is 2.23. The topological polar surface area (TPSA) is 14.8 Å². The number of para-hydroxylation sites is 5. The summed E-state index contributed by atoms with van der Waals surface area (Å²) in [5.41, 5.74) is 13.1. The molecular weight excluding hydrogens is 763 g/mol. The summed E-state index contributed by atoms with van der Waals surface area (Å²) in [5, 5.41) is 15.2. The first-order chi connectivity index (χ1) is 31.3. The van der Waals surface area contributed by atoms with E-state index in [1.165, 1.54) is 109 Å². The van der Waals surface area contributed by atoms with Crippen LogP contribution in [0.5, 0.6) is 0 Å². The van der Waals surface area contributed by atoms with Crippen LogP contribution in [0.25, 0.3) is 126 Å². The first-order valence-electron chi connectivity index (χ1n) is 21.8. The maximum absolute atomic E-state index is 2.50. The van der Waals surface area contributed by atoms with E-state index >= 15 is 0 Å². The standard InChI is InChI=1S/C60H37N3/c1-2-16-39(17-3-1)61-53-27-13-9-23-47(53)51-36-38(30-33-56(51)61)41-18-8-12-26-52(41)63-55-29-15-11-25-49(55)60-58(63)35-34-57-59(60)48-24-10-14-28-54(48)62(57)40-31-32-46-44-21-5-4-19-42(44)43-20-6-7-22-45(43)50(46)37-40/h1-37H. The highest BCUT2D eigenvalue weighted by atomic mass is 15.0. The summed E-state index contributed by atoms with van der Waals surface area (Å²) in [6.45, 7) is 0. The zero-order valence-electron chi connectivity index (χ0n) is 34.2. The number of hydrogen-bond acceptors (Lipinski definition) is 0. The Morgan fingerprint density at radius 2 is 0.667 bits per heavy atom. The average Bonchev–Trinajstić information content (AvgIpc) is 3.99. The molecule has 0 bridgehead atoms. The number of hydrogen-bond donors (Lipinski definition) is 0. The van der Waals surface area contributed by atoms with Crippen molar-refractivity contribution in [2.24, 2.45) is 0 Å². The van der Waals surface area contributed by atoms with E-state index < -0.39 is 0 Å². The van der Waals surface area contributed by atoms with Gasteiger partial charge in [0.15, 0.2) is 0 Å². The molecule has 0 aliphatic carbocycles. The molecule has 0 radical (unpaired) electrons. The van der Waals surface area contributed by atoms with Crippen molar-refractivity contribution in [3.8, 4) is 28.2 Å². The lowest BCUT2D eigenvalue weighted by Gasteiger charge is -2.15. The van der Waals surface area contributed by atoms with Crippen molar-refractivity contribution in [1.82, 2.24) is 13.7 Å². The van der Waals surface area contributed by atoms with E-state index in [-0.39, 0.29) is 0 Å². The summed E-state index contributed by atoms with van der Waals surface area (Å²) >= 11 is 0. The van der Waals surface area contributed by atoms with Gasteiger partial charge in [0.25, 0.3) is 0 Å². The van der Waals surface area contributed by atoms with Gasteiger partial charge in [0, 0.05) is 49.3 Å². The Balaban J connectivity index is 1.02. The molecule has 0 saturated heterocycles. The highest BCUT2D eigenvalue weighted by molar-refractivity contribution is 6.30. The van der Waals surface area contributed by atoms with Gasteiger partial charge in [-0.2, -0.15) is 0 Å². The fourth-order valence-corrected chi connectivity index (χ4v) is 11.0. The molecule has 0 N–H and O–H groups in total. The van der Waals surface area contributed by atoms with Crippen LogP contribution in [0.4, 0.5) is 0 Å². The minimum atomic E-state index is 1.16. The van der Waals surface area contributed by atoms with Crippen LogP contribution < -0.4 is 0 Å². The summed E-state index contributed by atoms with van der Waals surface area (Å²) in [6, 6.07) is 82.7. The summed E-state index contributed by atoms with van der Waals surface area (Å²) in [5.74, 6) is 0. The molecule has 0 saturated carbocycles. The third kappa shape index (κ3) is 4.79. The van der Waals surface area contributed by atoms with E-state index in [0.717, 1.165) is 17.1 Å². The van der Waals surface area contributed by atoms with Crippen molar-refractivity contribution < 1.29 is 0 Å². The van der Waals surface area contributed by atoms with Crippen LogP contribution in [0.15, 0.2) is 224 Å². The number of fused-ring (bicyclic) bond motifs is 16. The number of aromatic nitrogens is 3. The minimum absolute atomic E-state index is 1.16. The van der Waals surface area contributed by atoms with Crippen LogP contribution in [0.3, 0.4) is 0 Å². The summed E-state index contributed by atoms with van der Waals surface area (Å²) in [7, 11) is 0. The quantitative estimate of drug-likeness (QED) is 0.158. The molecule has 0 aliphatic heterocycles. The number of benzene rings is 11. The Labute approximate surface area is 362 Å². The first-order valence-corrected chi connectivity index (χ1v) is 21.8. The van der Waals surface area contributed by atoms with Crippen LogP contribution in [0.2, 0.25) is 0 Å². The zero-order valence-corrected chi connectivity index (χ0v) is 34.2. The normalized spacial score (nSPS) is 12.1. The molecule has 63 heavy (non-hydrogen) atoms. The van der Waals surface area contributed by atoms with Gasteiger partial charge in [-0.15, -0.1) is 0 Å². The second-order valence-electron chi connectivity index (χ2n) is 16.8. The van der Waals surface area contributed by atoms with E-state index in [9.17, 15) is 0 Å². The fraction of sp³-hybridized carbons (Fsp3) is 0. The van der Waals surface area contributed by atoms with Gasteiger partial charge >= 0.3 is 0 Å². The largest absolute Gasteiger partial charge is 0.309 e. The van der Waals surface area contributed by atoms with Crippen molar-refractivity contribution >= 4 is 97.7 Å². The SMILES string of the molecule is c1ccc(-n2c3ccccc3c3cc(-c4ccccc4-n4c5ccccc5c5c6c7ccccc7n(-c7ccc8c9ccccc9c9ccccc9c8c7)c6ccc54)ccc32)cc1. The van der Waals surface area contributed by atoms with Crippen molar-refractivity contribution in [1.29, 1.82) is 0 Å². The predicted molar refractivity (Wildman–Crippen MR) is 267 cm³/mol. The molecule has 0 atom stereocenters. The van der Waals surface area contributed by atoms with Gasteiger partial charge in [0.1, 0.15) is 0 Å². The van der Waals surface area contributed by atoms with Gasteiger partial charge in [0.2, 0.25) is 0 Å². The lowest BCUT2D eigenvalue weighted by atomic mass is 9.94.